The van der Waals surface area contributed by atoms with Crippen LogP contribution in [0, 0.1) is 11.6 Å². The third-order valence-corrected chi connectivity index (χ3v) is 3.86. The van der Waals surface area contributed by atoms with Gasteiger partial charge in [-0.05, 0) is 24.1 Å². The lowest BCUT2D eigenvalue weighted by Gasteiger charge is -2.29. The Hall–Kier alpha value is -0.380. The van der Waals surface area contributed by atoms with Gasteiger partial charge >= 0.3 is 0 Å². The van der Waals surface area contributed by atoms with Crippen LogP contribution in [0.2, 0.25) is 0 Å². The van der Waals surface area contributed by atoms with Crippen molar-refractivity contribution in [3.63, 3.8) is 0 Å². The molecule has 0 amide bonds. The highest BCUT2D eigenvalue weighted by atomic mass is 35.5. The van der Waals surface area contributed by atoms with Gasteiger partial charge in [-0.3, -0.25) is 0 Å². The zero-order valence-corrected chi connectivity index (χ0v) is 11.1. The van der Waals surface area contributed by atoms with E-state index in [-0.39, 0.29) is 5.54 Å². The maximum Gasteiger partial charge on any atom is 0.159 e. The fourth-order valence-electron chi connectivity index (χ4n) is 1.38. The first-order valence-corrected chi connectivity index (χ1v) is 6.44. The molecule has 0 fully saturated rings. The van der Waals surface area contributed by atoms with Gasteiger partial charge in [0.05, 0.1) is 0 Å². The van der Waals surface area contributed by atoms with E-state index in [1.807, 2.05) is 6.92 Å². The van der Waals surface area contributed by atoms with Crippen molar-refractivity contribution >= 4 is 23.2 Å². The van der Waals surface area contributed by atoms with E-state index in [0.717, 1.165) is 12.5 Å². The SMILES string of the molecule is CCC(CCl)(CCl)NCc1ccc(F)c(F)c1. The molecule has 1 nitrogen and oxygen atoms in total. The number of nitrogens with one attached hydrogen (secondary N) is 1. The first-order valence-electron chi connectivity index (χ1n) is 5.38. The Balaban J connectivity index is 2.68. The standard InChI is InChI=1S/C12H15Cl2F2N/c1-2-12(7-13,8-14)17-6-9-3-4-10(15)11(16)5-9/h3-5,17H,2,6-8H2,1H3. The largest absolute Gasteiger partial charge is 0.305 e. The van der Waals surface area contributed by atoms with Crippen molar-refractivity contribution in [2.45, 2.75) is 25.4 Å². The second-order valence-electron chi connectivity index (χ2n) is 4.00. The molecule has 0 bridgehead atoms. The van der Waals surface area contributed by atoms with Crippen molar-refractivity contribution in [3.8, 4) is 0 Å². The molecular weight excluding hydrogens is 267 g/mol. The number of benzene rings is 1. The van der Waals surface area contributed by atoms with Gasteiger partial charge in [-0.2, -0.15) is 0 Å². The lowest BCUT2D eigenvalue weighted by Crippen LogP contribution is -2.47. The van der Waals surface area contributed by atoms with Crippen molar-refractivity contribution < 1.29 is 8.78 Å². The maximum absolute atomic E-state index is 13.0. The molecule has 0 aliphatic rings. The quantitative estimate of drug-likeness (QED) is 0.785. The van der Waals surface area contributed by atoms with E-state index >= 15 is 0 Å². The minimum atomic E-state index is -0.844. The summed E-state index contributed by atoms with van der Waals surface area (Å²) in [5, 5.41) is 3.19. The highest BCUT2D eigenvalue weighted by molar-refractivity contribution is 6.22. The van der Waals surface area contributed by atoms with E-state index in [0.29, 0.717) is 23.9 Å². The van der Waals surface area contributed by atoms with Crippen molar-refractivity contribution in [1.29, 1.82) is 0 Å². The Morgan fingerprint density at radius 3 is 2.29 bits per heavy atom. The smallest absolute Gasteiger partial charge is 0.159 e. The first-order chi connectivity index (χ1) is 8.06. The summed E-state index contributed by atoms with van der Waals surface area (Å²) >= 11 is 11.7. The number of hydrogen-bond acceptors (Lipinski definition) is 1. The predicted octanol–water partition coefficient (Wildman–Crippen LogP) is 3.68. The van der Waals surface area contributed by atoms with Crippen LogP contribution in [0.1, 0.15) is 18.9 Å². The van der Waals surface area contributed by atoms with Crippen LogP contribution in [-0.2, 0) is 6.54 Å². The Kier molecular flexibility index (Phi) is 5.63. The molecule has 1 aromatic carbocycles. The summed E-state index contributed by atoms with van der Waals surface area (Å²) in [4.78, 5) is 0. The van der Waals surface area contributed by atoms with E-state index in [9.17, 15) is 8.78 Å². The third-order valence-electron chi connectivity index (χ3n) is 2.84. The average molecular weight is 282 g/mol. The van der Waals surface area contributed by atoms with E-state index in [4.69, 9.17) is 23.2 Å². The number of alkyl halides is 2. The normalized spacial score (nSPS) is 11.8. The molecule has 17 heavy (non-hydrogen) atoms. The van der Waals surface area contributed by atoms with Gasteiger partial charge in [0.2, 0.25) is 0 Å². The molecule has 0 atom stereocenters. The van der Waals surface area contributed by atoms with Crippen LogP contribution in [0.4, 0.5) is 8.78 Å². The van der Waals surface area contributed by atoms with Gasteiger partial charge in [-0.1, -0.05) is 13.0 Å². The van der Waals surface area contributed by atoms with Crippen LogP contribution < -0.4 is 5.32 Å². The monoisotopic (exact) mass is 281 g/mol. The van der Waals surface area contributed by atoms with E-state index < -0.39 is 11.6 Å². The Morgan fingerprint density at radius 2 is 1.82 bits per heavy atom. The van der Waals surface area contributed by atoms with Gasteiger partial charge in [0.15, 0.2) is 11.6 Å². The predicted molar refractivity (Wildman–Crippen MR) is 67.7 cm³/mol. The van der Waals surface area contributed by atoms with Crippen molar-refractivity contribution in [1.82, 2.24) is 5.32 Å². The zero-order valence-electron chi connectivity index (χ0n) is 9.57. The molecule has 1 rings (SSSR count). The lowest BCUT2D eigenvalue weighted by atomic mass is 10.0. The van der Waals surface area contributed by atoms with Crippen LogP contribution in [0.3, 0.4) is 0 Å². The second-order valence-corrected chi connectivity index (χ2v) is 4.54. The van der Waals surface area contributed by atoms with Crippen LogP contribution >= 0.6 is 23.2 Å². The molecular formula is C12H15Cl2F2N. The minimum Gasteiger partial charge on any atom is -0.305 e. The Morgan fingerprint density at radius 1 is 1.18 bits per heavy atom. The summed E-state index contributed by atoms with van der Waals surface area (Å²) in [5.74, 6) is -0.943. The van der Waals surface area contributed by atoms with E-state index in [2.05, 4.69) is 5.32 Å². The molecule has 96 valence electrons. The van der Waals surface area contributed by atoms with E-state index in [1.165, 1.54) is 12.1 Å². The first kappa shape index (κ1) is 14.7. The van der Waals surface area contributed by atoms with Crippen molar-refractivity contribution in [2.75, 3.05) is 11.8 Å². The molecule has 0 aliphatic carbocycles. The van der Waals surface area contributed by atoms with Crippen LogP contribution in [0.25, 0.3) is 0 Å². The number of halogens is 4. The maximum atomic E-state index is 13.0. The van der Waals surface area contributed by atoms with Gasteiger partial charge in [-0.25, -0.2) is 8.78 Å². The molecule has 0 saturated carbocycles. The van der Waals surface area contributed by atoms with Gasteiger partial charge in [0.25, 0.3) is 0 Å². The zero-order chi connectivity index (χ0) is 12.9. The van der Waals surface area contributed by atoms with Gasteiger partial charge in [0.1, 0.15) is 0 Å². The molecule has 1 N–H and O–H groups in total. The minimum absolute atomic E-state index is 0.367. The Bertz CT molecular complexity index is 359. The summed E-state index contributed by atoms with van der Waals surface area (Å²) in [6, 6.07) is 3.82. The van der Waals surface area contributed by atoms with Gasteiger partial charge < -0.3 is 5.32 Å². The van der Waals surface area contributed by atoms with Gasteiger partial charge in [-0.15, -0.1) is 23.2 Å². The Labute approximate surface area is 110 Å². The molecule has 0 spiro atoms. The van der Waals surface area contributed by atoms with Crippen LogP contribution in [0.5, 0.6) is 0 Å². The molecule has 1 aromatic rings. The molecule has 0 heterocycles. The molecule has 0 saturated heterocycles. The average Bonchev–Trinajstić information content (AvgIpc) is 2.36. The summed E-state index contributed by atoms with van der Waals surface area (Å²) in [6.45, 7) is 2.38. The molecule has 0 aromatic heterocycles. The summed E-state index contributed by atoms with van der Waals surface area (Å²) in [6.07, 6.45) is 0.768. The van der Waals surface area contributed by atoms with Crippen LogP contribution in [0.15, 0.2) is 18.2 Å². The molecule has 0 aliphatic heterocycles. The van der Waals surface area contributed by atoms with E-state index in [1.54, 1.807) is 0 Å². The fraction of sp³-hybridized carbons (Fsp3) is 0.500. The van der Waals surface area contributed by atoms with Crippen molar-refractivity contribution in [3.05, 3.63) is 35.4 Å². The highest BCUT2D eigenvalue weighted by Gasteiger charge is 2.25. The topological polar surface area (TPSA) is 12.0 Å². The third kappa shape index (κ3) is 3.80. The highest BCUT2D eigenvalue weighted by Crippen LogP contribution is 2.16. The number of hydrogen-bond donors (Lipinski definition) is 1. The van der Waals surface area contributed by atoms with Crippen molar-refractivity contribution in [2.24, 2.45) is 0 Å². The number of rotatable bonds is 6. The second kappa shape index (κ2) is 6.53. The fourth-order valence-corrected chi connectivity index (χ4v) is 2.24. The summed E-state index contributed by atoms with van der Waals surface area (Å²) < 4.78 is 25.7. The molecule has 5 heteroatoms. The lowest BCUT2D eigenvalue weighted by molar-refractivity contribution is 0.384. The van der Waals surface area contributed by atoms with Gasteiger partial charge in [0, 0.05) is 23.8 Å². The molecule has 0 unspecified atom stereocenters. The summed E-state index contributed by atoms with van der Waals surface area (Å²) in [7, 11) is 0. The van der Waals surface area contributed by atoms with Crippen LogP contribution in [-0.4, -0.2) is 17.3 Å². The summed E-state index contributed by atoms with van der Waals surface area (Å²) in [5.41, 5.74) is 0.297. The molecule has 0 radical (unpaired) electrons.